The van der Waals surface area contributed by atoms with Gasteiger partial charge >= 0.3 is 0 Å². The summed E-state index contributed by atoms with van der Waals surface area (Å²) >= 11 is 1.76. The highest BCUT2D eigenvalue weighted by molar-refractivity contribution is 7.10. The van der Waals surface area contributed by atoms with Crippen molar-refractivity contribution < 1.29 is 4.74 Å². The predicted molar refractivity (Wildman–Crippen MR) is 78.3 cm³/mol. The lowest BCUT2D eigenvalue weighted by Gasteiger charge is -2.10. The molecule has 0 fully saturated rings. The van der Waals surface area contributed by atoms with Gasteiger partial charge in [-0.25, -0.2) is 0 Å². The van der Waals surface area contributed by atoms with Gasteiger partial charge in [-0.1, -0.05) is 13.0 Å². The molecule has 2 N–H and O–H groups in total. The van der Waals surface area contributed by atoms with E-state index in [1.165, 1.54) is 27.1 Å². The summed E-state index contributed by atoms with van der Waals surface area (Å²) < 4.78 is 5.37. The van der Waals surface area contributed by atoms with Crippen LogP contribution in [0.3, 0.4) is 0 Å². The van der Waals surface area contributed by atoms with E-state index in [1.807, 2.05) is 6.07 Å². The van der Waals surface area contributed by atoms with Crippen LogP contribution in [0, 0.1) is 6.92 Å². The molecule has 0 bridgehead atoms. The van der Waals surface area contributed by atoms with Gasteiger partial charge in [0.05, 0.1) is 7.11 Å². The molecule has 1 aromatic heterocycles. The Balaban J connectivity index is 2.54. The van der Waals surface area contributed by atoms with E-state index in [0.717, 1.165) is 12.2 Å². The highest BCUT2D eigenvalue weighted by atomic mass is 32.1. The molecule has 0 spiro atoms. The number of hydrogen-bond acceptors (Lipinski definition) is 3. The number of thiophene rings is 1. The summed E-state index contributed by atoms with van der Waals surface area (Å²) in [6.07, 6.45) is 0.970. The summed E-state index contributed by atoms with van der Waals surface area (Å²) in [5, 5.41) is 2.15. The van der Waals surface area contributed by atoms with Crippen LogP contribution in [0.5, 0.6) is 5.75 Å². The average molecular weight is 261 g/mol. The second-order valence-corrected chi connectivity index (χ2v) is 5.36. The van der Waals surface area contributed by atoms with Gasteiger partial charge in [0.2, 0.25) is 0 Å². The molecule has 0 aliphatic rings. The number of methoxy groups -OCH3 is 1. The van der Waals surface area contributed by atoms with Crippen LogP contribution in [0.15, 0.2) is 23.6 Å². The third-order valence-electron chi connectivity index (χ3n) is 3.22. The third-order valence-corrected chi connectivity index (χ3v) is 4.18. The summed E-state index contributed by atoms with van der Waals surface area (Å²) in [4.78, 5) is 1.32. The maximum Gasteiger partial charge on any atom is 0.122 e. The van der Waals surface area contributed by atoms with Crippen LogP contribution in [-0.4, -0.2) is 7.11 Å². The summed E-state index contributed by atoms with van der Waals surface area (Å²) in [7, 11) is 1.72. The molecule has 0 saturated carbocycles. The van der Waals surface area contributed by atoms with Crippen molar-refractivity contribution in [2.24, 2.45) is 5.73 Å². The van der Waals surface area contributed by atoms with Crippen molar-refractivity contribution in [3.05, 3.63) is 39.6 Å². The number of benzene rings is 1. The van der Waals surface area contributed by atoms with Crippen LogP contribution in [0.2, 0.25) is 0 Å². The number of nitrogens with two attached hydrogens (primary N) is 1. The fourth-order valence-electron chi connectivity index (χ4n) is 2.25. The molecular formula is C15H19NOS. The molecular weight excluding hydrogens is 242 g/mol. The molecule has 0 aliphatic carbocycles. The van der Waals surface area contributed by atoms with E-state index in [2.05, 4.69) is 31.4 Å². The van der Waals surface area contributed by atoms with Gasteiger partial charge in [-0.2, -0.15) is 0 Å². The van der Waals surface area contributed by atoms with Crippen LogP contribution < -0.4 is 10.5 Å². The molecule has 0 amide bonds. The van der Waals surface area contributed by atoms with Gasteiger partial charge in [0.15, 0.2) is 0 Å². The maximum atomic E-state index is 5.81. The van der Waals surface area contributed by atoms with Crippen molar-refractivity contribution in [3.63, 3.8) is 0 Å². The number of aryl methyl sites for hydroxylation is 2. The SMILES string of the molecule is CCc1cc(-c2c(CN)csc2C)ccc1OC. The highest BCUT2D eigenvalue weighted by Gasteiger charge is 2.11. The van der Waals surface area contributed by atoms with Crippen LogP contribution >= 0.6 is 11.3 Å². The fraction of sp³-hybridized carbons (Fsp3) is 0.333. The van der Waals surface area contributed by atoms with E-state index in [4.69, 9.17) is 10.5 Å². The molecule has 3 heteroatoms. The Hall–Kier alpha value is -1.32. The zero-order valence-corrected chi connectivity index (χ0v) is 11.9. The Labute approximate surface area is 112 Å². The summed E-state index contributed by atoms with van der Waals surface area (Å²) in [5.41, 5.74) is 10.8. The molecule has 0 aliphatic heterocycles. The van der Waals surface area contributed by atoms with Crippen LogP contribution in [0.1, 0.15) is 22.9 Å². The Morgan fingerprint density at radius 1 is 1.28 bits per heavy atom. The van der Waals surface area contributed by atoms with E-state index < -0.39 is 0 Å². The fourth-order valence-corrected chi connectivity index (χ4v) is 3.15. The lowest BCUT2D eigenvalue weighted by Crippen LogP contribution is -1.97. The zero-order valence-electron chi connectivity index (χ0n) is 11.1. The summed E-state index contributed by atoms with van der Waals surface area (Å²) in [6, 6.07) is 6.38. The first-order valence-electron chi connectivity index (χ1n) is 6.15. The van der Waals surface area contributed by atoms with Crippen molar-refractivity contribution in [1.82, 2.24) is 0 Å². The number of hydrogen-bond donors (Lipinski definition) is 1. The van der Waals surface area contributed by atoms with Crippen molar-refractivity contribution in [2.45, 2.75) is 26.8 Å². The van der Waals surface area contributed by atoms with Gasteiger partial charge in [-0.05, 0) is 53.1 Å². The van der Waals surface area contributed by atoms with Gasteiger partial charge in [0.1, 0.15) is 5.75 Å². The first-order valence-corrected chi connectivity index (χ1v) is 7.03. The highest BCUT2D eigenvalue weighted by Crippen LogP contribution is 2.34. The van der Waals surface area contributed by atoms with Gasteiger partial charge in [0.25, 0.3) is 0 Å². The van der Waals surface area contributed by atoms with Crippen LogP contribution in [0.4, 0.5) is 0 Å². The minimum absolute atomic E-state index is 0.590. The standard InChI is InChI=1S/C15H19NOS/c1-4-11-7-12(5-6-14(11)17-3)15-10(2)18-9-13(15)8-16/h5-7,9H,4,8,16H2,1-3H3. The molecule has 1 heterocycles. The Morgan fingerprint density at radius 3 is 2.67 bits per heavy atom. The summed E-state index contributed by atoms with van der Waals surface area (Å²) in [5.74, 6) is 0.962. The van der Waals surface area contributed by atoms with Crippen LogP contribution in [0.25, 0.3) is 11.1 Å². The lowest BCUT2D eigenvalue weighted by atomic mass is 9.98. The predicted octanol–water partition coefficient (Wildman–Crippen LogP) is 3.75. The molecule has 2 rings (SSSR count). The molecule has 0 unspecified atom stereocenters. The average Bonchev–Trinajstić information content (AvgIpc) is 2.79. The molecule has 2 nitrogen and oxygen atoms in total. The molecule has 2 aromatic rings. The largest absolute Gasteiger partial charge is 0.496 e. The van der Waals surface area contributed by atoms with E-state index in [-0.39, 0.29) is 0 Å². The number of ether oxygens (including phenoxy) is 1. The molecule has 0 saturated heterocycles. The first-order chi connectivity index (χ1) is 8.71. The third kappa shape index (κ3) is 2.28. The van der Waals surface area contributed by atoms with E-state index in [9.17, 15) is 0 Å². The van der Waals surface area contributed by atoms with Crippen LogP contribution in [-0.2, 0) is 13.0 Å². The smallest absolute Gasteiger partial charge is 0.122 e. The quantitative estimate of drug-likeness (QED) is 0.909. The molecule has 0 radical (unpaired) electrons. The molecule has 1 aromatic carbocycles. The van der Waals surface area contributed by atoms with Gasteiger partial charge < -0.3 is 10.5 Å². The zero-order chi connectivity index (χ0) is 13.1. The van der Waals surface area contributed by atoms with Crippen molar-refractivity contribution >= 4 is 11.3 Å². The van der Waals surface area contributed by atoms with Crippen molar-refractivity contribution in [1.29, 1.82) is 0 Å². The Bertz CT molecular complexity index is 545. The van der Waals surface area contributed by atoms with Gasteiger partial charge in [-0.15, -0.1) is 11.3 Å². The Kier molecular flexibility index (Phi) is 4.04. The maximum absolute atomic E-state index is 5.81. The molecule has 96 valence electrons. The van der Waals surface area contributed by atoms with E-state index in [0.29, 0.717) is 6.54 Å². The minimum atomic E-state index is 0.590. The van der Waals surface area contributed by atoms with Crippen molar-refractivity contribution in [3.8, 4) is 16.9 Å². The monoisotopic (exact) mass is 261 g/mol. The lowest BCUT2D eigenvalue weighted by molar-refractivity contribution is 0.410. The molecule has 18 heavy (non-hydrogen) atoms. The van der Waals surface area contributed by atoms with E-state index >= 15 is 0 Å². The normalized spacial score (nSPS) is 10.7. The van der Waals surface area contributed by atoms with Gasteiger partial charge in [0, 0.05) is 11.4 Å². The topological polar surface area (TPSA) is 35.2 Å². The second kappa shape index (κ2) is 5.55. The molecule has 0 atom stereocenters. The second-order valence-electron chi connectivity index (χ2n) is 4.28. The Morgan fingerprint density at radius 2 is 2.06 bits per heavy atom. The summed E-state index contributed by atoms with van der Waals surface area (Å²) in [6.45, 7) is 4.88. The van der Waals surface area contributed by atoms with Crippen molar-refractivity contribution in [2.75, 3.05) is 7.11 Å². The van der Waals surface area contributed by atoms with Gasteiger partial charge in [-0.3, -0.25) is 0 Å². The first kappa shape index (κ1) is 13.1. The number of rotatable bonds is 4. The van der Waals surface area contributed by atoms with E-state index in [1.54, 1.807) is 18.4 Å². The minimum Gasteiger partial charge on any atom is -0.496 e.